The predicted molar refractivity (Wildman–Crippen MR) is 143 cm³/mol. The van der Waals surface area contributed by atoms with Gasteiger partial charge in [0.1, 0.15) is 10.7 Å². The molecule has 0 atom stereocenters. The molecule has 0 aromatic heterocycles. The Labute approximate surface area is 228 Å². The molecule has 0 unspecified atom stereocenters. The van der Waals surface area contributed by atoms with Crippen LogP contribution in [0.25, 0.3) is 0 Å². The van der Waals surface area contributed by atoms with Gasteiger partial charge in [-0.25, -0.2) is 14.5 Å². The van der Waals surface area contributed by atoms with Crippen molar-refractivity contribution in [1.29, 1.82) is 0 Å². The molecule has 4 rings (SSSR count). The molecule has 198 valence electrons. The summed E-state index contributed by atoms with van der Waals surface area (Å²) in [6.45, 7) is 0. The first-order valence-electron chi connectivity index (χ1n) is 11.5. The number of imide groups is 1. The summed E-state index contributed by atoms with van der Waals surface area (Å²) in [6, 6.07) is 18.8. The van der Waals surface area contributed by atoms with Gasteiger partial charge in [-0.3, -0.25) is 14.4 Å². The van der Waals surface area contributed by atoms with Crippen molar-refractivity contribution in [3.05, 3.63) is 100 Å². The van der Waals surface area contributed by atoms with Gasteiger partial charge in [-0.05, 0) is 60.2 Å². The van der Waals surface area contributed by atoms with Crippen molar-refractivity contribution in [2.45, 2.75) is 6.42 Å². The zero-order chi connectivity index (χ0) is 28.1. The molecule has 3 amide bonds. The van der Waals surface area contributed by atoms with E-state index in [0.717, 1.165) is 4.90 Å². The number of nitrogens with zero attached hydrogens (tertiary/aromatic N) is 1. The predicted octanol–water partition coefficient (Wildman–Crippen LogP) is 3.88. The third-order valence-corrected chi connectivity index (χ3v) is 6.08. The molecule has 1 heterocycles. The number of hydrogen-bond donors (Lipinski definition) is 2. The Bertz CT molecular complexity index is 1500. The fraction of sp³-hybridized carbons (Fsp3) is 0.107. The van der Waals surface area contributed by atoms with E-state index in [4.69, 9.17) is 16.3 Å². The van der Waals surface area contributed by atoms with Gasteiger partial charge in [0.15, 0.2) is 0 Å². The van der Waals surface area contributed by atoms with Crippen LogP contribution in [0.3, 0.4) is 0 Å². The van der Waals surface area contributed by atoms with Crippen molar-refractivity contribution in [1.82, 2.24) is 0 Å². The summed E-state index contributed by atoms with van der Waals surface area (Å²) in [6.07, 6.45) is 0.0736. The van der Waals surface area contributed by atoms with E-state index in [1.165, 1.54) is 38.5 Å². The lowest BCUT2D eigenvalue weighted by molar-refractivity contribution is -0.120. The summed E-state index contributed by atoms with van der Waals surface area (Å²) in [5.74, 6) is -2.78. The van der Waals surface area contributed by atoms with Crippen molar-refractivity contribution >= 4 is 58.3 Å². The lowest BCUT2D eigenvalue weighted by Crippen LogP contribution is -2.32. The quantitative estimate of drug-likeness (QED) is 0.321. The number of anilines is 3. The number of benzene rings is 3. The number of halogens is 1. The van der Waals surface area contributed by atoms with Gasteiger partial charge in [0.2, 0.25) is 5.91 Å². The Morgan fingerprint density at radius 1 is 0.795 bits per heavy atom. The lowest BCUT2D eigenvalue weighted by atomic mass is 10.1. The molecule has 0 bridgehead atoms. The van der Waals surface area contributed by atoms with Gasteiger partial charge in [-0.1, -0.05) is 29.8 Å². The van der Waals surface area contributed by atoms with E-state index in [1.807, 2.05) is 0 Å². The van der Waals surface area contributed by atoms with Crippen LogP contribution in [0.15, 0.2) is 83.5 Å². The second-order valence-electron chi connectivity index (χ2n) is 8.29. The molecule has 0 spiro atoms. The molecule has 3 aromatic carbocycles. The molecule has 11 heteroatoms. The largest absolute Gasteiger partial charge is 0.465 e. The number of rotatable bonds is 8. The highest BCUT2D eigenvalue weighted by Gasteiger charge is 2.39. The van der Waals surface area contributed by atoms with Crippen LogP contribution in [0, 0.1) is 0 Å². The fourth-order valence-corrected chi connectivity index (χ4v) is 4.00. The van der Waals surface area contributed by atoms with Gasteiger partial charge in [0.25, 0.3) is 11.8 Å². The smallest absolute Gasteiger partial charge is 0.337 e. The van der Waals surface area contributed by atoms with Crippen LogP contribution < -0.4 is 15.5 Å². The number of carbonyl (C=O) groups is 5. The lowest BCUT2D eigenvalue weighted by Gasteiger charge is -2.16. The molecule has 10 nitrogen and oxygen atoms in total. The van der Waals surface area contributed by atoms with E-state index >= 15 is 0 Å². The molecule has 2 N–H and O–H groups in total. The topological polar surface area (TPSA) is 131 Å². The van der Waals surface area contributed by atoms with Crippen molar-refractivity contribution in [2.24, 2.45) is 0 Å². The summed E-state index contributed by atoms with van der Waals surface area (Å²) >= 11 is 6.20. The molecular formula is C28H22ClN3O7. The Balaban J connectivity index is 1.40. The SMILES string of the molecule is COC(=O)c1ccc(NC(=O)Cc2ccc(NC3=C(Cl)C(=O)N(c4cccc(C(=O)OC)c4)C3=O)cc2)cc1. The van der Waals surface area contributed by atoms with E-state index in [2.05, 4.69) is 15.4 Å². The first kappa shape index (κ1) is 27.1. The summed E-state index contributed by atoms with van der Waals surface area (Å²) in [7, 11) is 2.52. The minimum Gasteiger partial charge on any atom is -0.465 e. The van der Waals surface area contributed by atoms with Gasteiger partial charge < -0.3 is 20.1 Å². The van der Waals surface area contributed by atoms with E-state index in [9.17, 15) is 24.0 Å². The molecule has 1 aliphatic rings. The van der Waals surface area contributed by atoms with Crippen LogP contribution in [0.5, 0.6) is 0 Å². The highest BCUT2D eigenvalue weighted by molar-refractivity contribution is 6.53. The van der Waals surface area contributed by atoms with Crippen LogP contribution in [0.2, 0.25) is 0 Å². The third kappa shape index (κ3) is 5.97. The average Bonchev–Trinajstić information content (AvgIpc) is 3.16. The van der Waals surface area contributed by atoms with Gasteiger partial charge in [-0.2, -0.15) is 0 Å². The zero-order valence-electron chi connectivity index (χ0n) is 20.8. The first-order valence-corrected chi connectivity index (χ1v) is 11.9. The van der Waals surface area contributed by atoms with Gasteiger partial charge >= 0.3 is 11.9 Å². The molecular weight excluding hydrogens is 526 g/mol. The van der Waals surface area contributed by atoms with E-state index in [0.29, 0.717) is 22.5 Å². The molecule has 0 saturated heterocycles. The van der Waals surface area contributed by atoms with E-state index in [1.54, 1.807) is 48.5 Å². The first-order chi connectivity index (χ1) is 18.7. The minimum absolute atomic E-state index is 0.0736. The standard InChI is InChI=1S/C28H22ClN3O7/c1-38-27(36)17-8-12-19(13-9-17)30-22(33)14-16-6-10-20(11-7-16)31-24-23(29)25(34)32(26(24)35)21-5-3-4-18(15-21)28(37)39-2/h3-13,15,31H,14H2,1-2H3,(H,30,33). The van der Waals surface area contributed by atoms with Crippen LogP contribution >= 0.6 is 11.6 Å². The number of ether oxygens (including phenoxy) is 2. The molecule has 0 saturated carbocycles. The maximum absolute atomic E-state index is 13.0. The minimum atomic E-state index is -0.737. The molecule has 0 radical (unpaired) electrons. The second kappa shape index (κ2) is 11.6. The summed E-state index contributed by atoms with van der Waals surface area (Å²) in [4.78, 5) is 62.5. The van der Waals surface area contributed by atoms with Crippen LogP contribution in [0.1, 0.15) is 26.3 Å². The van der Waals surface area contributed by atoms with E-state index < -0.39 is 23.8 Å². The number of amides is 3. The maximum atomic E-state index is 13.0. The molecule has 1 aliphatic heterocycles. The van der Waals surface area contributed by atoms with Gasteiger partial charge in [-0.15, -0.1) is 0 Å². The Morgan fingerprint density at radius 3 is 2.05 bits per heavy atom. The third-order valence-electron chi connectivity index (χ3n) is 5.73. The summed E-state index contributed by atoms with van der Waals surface area (Å²) in [5, 5.41) is 5.31. The highest BCUT2D eigenvalue weighted by atomic mass is 35.5. The fourth-order valence-electron chi connectivity index (χ4n) is 3.78. The average molecular weight is 548 g/mol. The second-order valence-corrected chi connectivity index (χ2v) is 8.67. The number of nitrogens with one attached hydrogen (secondary N) is 2. The van der Waals surface area contributed by atoms with Crippen LogP contribution in [0.4, 0.5) is 17.1 Å². The number of carbonyl (C=O) groups excluding carboxylic acids is 5. The highest BCUT2D eigenvalue weighted by Crippen LogP contribution is 2.30. The molecule has 3 aromatic rings. The Kier molecular flexibility index (Phi) is 8.07. The normalized spacial score (nSPS) is 12.8. The van der Waals surface area contributed by atoms with Gasteiger partial charge in [0, 0.05) is 11.4 Å². The molecule has 0 aliphatic carbocycles. The molecule has 0 fully saturated rings. The maximum Gasteiger partial charge on any atom is 0.337 e. The van der Waals surface area contributed by atoms with Crippen molar-refractivity contribution in [2.75, 3.05) is 29.8 Å². The van der Waals surface area contributed by atoms with Crippen LogP contribution in [-0.4, -0.2) is 43.9 Å². The summed E-state index contributed by atoms with van der Waals surface area (Å²) in [5.41, 5.74) is 2.28. The number of esters is 2. The monoisotopic (exact) mass is 547 g/mol. The van der Waals surface area contributed by atoms with Crippen molar-refractivity contribution < 1.29 is 33.4 Å². The number of hydrogen-bond acceptors (Lipinski definition) is 8. The van der Waals surface area contributed by atoms with Crippen molar-refractivity contribution in [3.8, 4) is 0 Å². The van der Waals surface area contributed by atoms with Gasteiger partial charge in [0.05, 0.1) is 37.5 Å². The Morgan fingerprint density at radius 2 is 1.41 bits per heavy atom. The zero-order valence-corrected chi connectivity index (χ0v) is 21.6. The van der Waals surface area contributed by atoms with Crippen molar-refractivity contribution in [3.63, 3.8) is 0 Å². The summed E-state index contributed by atoms with van der Waals surface area (Å²) < 4.78 is 9.34. The van der Waals surface area contributed by atoms with Crippen LogP contribution in [-0.2, 0) is 30.3 Å². The molecule has 39 heavy (non-hydrogen) atoms. The Hall–Kier alpha value is -4.96. The number of methoxy groups -OCH3 is 2. The van der Waals surface area contributed by atoms with E-state index in [-0.39, 0.29) is 34.3 Å².